The van der Waals surface area contributed by atoms with Crippen molar-refractivity contribution in [1.82, 2.24) is 4.90 Å². The van der Waals surface area contributed by atoms with Crippen molar-refractivity contribution in [3.8, 4) is 0 Å². The molecule has 2 heterocycles. The second kappa shape index (κ2) is 4.99. The molecule has 0 bridgehead atoms. The van der Waals surface area contributed by atoms with Gasteiger partial charge in [0.25, 0.3) is 5.91 Å². The molecular formula is C11H16N2O3S2. The van der Waals surface area contributed by atoms with Gasteiger partial charge in [-0.05, 0) is 32.3 Å². The molecule has 0 atom stereocenters. The number of hydrogen-bond donors (Lipinski definition) is 1. The highest BCUT2D eigenvalue weighted by Crippen LogP contribution is 2.26. The minimum atomic E-state index is -3.74. The van der Waals surface area contributed by atoms with Gasteiger partial charge in [-0.2, -0.15) is 0 Å². The number of likely N-dealkylation sites (tertiary alicyclic amines) is 1. The molecule has 0 aromatic carbocycles. The Kier molecular flexibility index (Phi) is 3.74. The number of rotatable bonds is 2. The summed E-state index contributed by atoms with van der Waals surface area (Å²) in [6, 6.07) is 1.40. The molecule has 5 nitrogen and oxygen atoms in total. The van der Waals surface area contributed by atoms with Crippen molar-refractivity contribution in [2.45, 2.75) is 31.1 Å². The van der Waals surface area contributed by atoms with Gasteiger partial charge in [0.05, 0.1) is 9.77 Å². The zero-order valence-electron chi connectivity index (χ0n) is 10.2. The summed E-state index contributed by atoms with van der Waals surface area (Å²) in [4.78, 5) is 15.1. The summed E-state index contributed by atoms with van der Waals surface area (Å²) in [6.45, 7) is 3.17. The predicted octanol–water partition coefficient (Wildman–Crippen LogP) is 1.33. The van der Waals surface area contributed by atoms with E-state index >= 15 is 0 Å². The predicted molar refractivity (Wildman–Crippen MR) is 70.2 cm³/mol. The van der Waals surface area contributed by atoms with Crippen molar-refractivity contribution >= 4 is 27.3 Å². The highest BCUT2D eigenvalue weighted by atomic mass is 32.2. The monoisotopic (exact) mass is 288 g/mol. The molecule has 1 saturated heterocycles. The number of sulfonamides is 1. The number of aryl methyl sites for hydroxylation is 1. The van der Waals surface area contributed by atoms with Gasteiger partial charge in [0.15, 0.2) is 0 Å². The average Bonchev–Trinajstić information content (AvgIpc) is 2.71. The number of carbonyl (C=O) groups excluding carboxylic acids is 1. The summed E-state index contributed by atoms with van der Waals surface area (Å²) in [5.41, 5.74) is 0. The van der Waals surface area contributed by atoms with E-state index < -0.39 is 10.0 Å². The van der Waals surface area contributed by atoms with Crippen LogP contribution in [0.3, 0.4) is 0 Å². The van der Waals surface area contributed by atoms with Gasteiger partial charge in [-0.3, -0.25) is 4.79 Å². The van der Waals surface area contributed by atoms with Crippen LogP contribution in [-0.4, -0.2) is 32.3 Å². The molecule has 1 amide bonds. The second-order valence-electron chi connectivity index (χ2n) is 4.43. The first kappa shape index (κ1) is 13.5. The molecule has 0 unspecified atom stereocenters. The van der Waals surface area contributed by atoms with Crippen LogP contribution in [0.4, 0.5) is 0 Å². The molecule has 1 aromatic heterocycles. The van der Waals surface area contributed by atoms with Gasteiger partial charge in [-0.15, -0.1) is 11.3 Å². The van der Waals surface area contributed by atoms with Crippen LogP contribution in [0, 0.1) is 6.92 Å². The lowest BCUT2D eigenvalue weighted by Gasteiger charge is -2.26. The van der Waals surface area contributed by atoms with Crippen LogP contribution >= 0.6 is 11.3 Å². The molecule has 2 rings (SSSR count). The average molecular weight is 288 g/mol. The van der Waals surface area contributed by atoms with Crippen LogP contribution in [-0.2, 0) is 10.0 Å². The summed E-state index contributed by atoms with van der Waals surface area (Å²) in [6.07, 6.45) is 3.17. The number of amides is 1. The van der Waals surface area contributed by atoms with E-state index in [0.29, 0.717) is 9.75 Å². The first-order valence-electron chi connectivity index (χ1n) is 5.82. The summed E-state index contributed by atoms with van der Waals surface area (Å²) >= 11 is 1.19. The molecule has 1 aliphatic rings. The summed E-state index contributed by atoms with van der Waals surface area (Å²) in [5.74, 6) is -0.0855. The highest BCUT2D eigenvalue weighted by molar-refractivity contribution is 7.89. The second-order valence-corrected chi connectivity index (χ2v) is 7.22. The smallest absolute Gasteiger partial charge is 0.263 e. The fraction of sp³-hybridized carbons (Fsp3) is 0.545. The SMILES string of the molecule is Cc1sc(C(=O)N2CCCCC2)cc1S(N)(=O)=O. The van der Waals surface area contributed by atoms with Crippen LogP contribution in [0.5, 0.6) is 0 Å². The largest absolute Gasteiger partial charge is 0.338 e. The van der Waals surface area contributed by atoms with E-state index in [9.17, 15) is 13.2 Å². The maximum absolute atomic E-state index is 12.2. The van der Waals surface area contributed by atoms with Gasteiger partial charge >= 0.3 is 0 Å². The molecule has 100 valence electrons. The third-order valence-electron chi connectivity index (χ3n) is 3.03. The highest BCUT2D eigenvalue weighted by Gasteiger charge is 2.23. The van der Waals surface area contributed by atoms with Crippen LogP contribution in [0.15, 0.2) is 11.0 Å². The Morgan fingerprint density at radius 2 is 1.94 bits per heavy atom. The molecule has 0 aliphatic carbocycles. The Morgan fingerprint density at radius 3 is 2.44 bits per heavy atom. The van der Waals surface area contributed by atoms with Crippen molar-refractivity contribution in [2.24, 2.45) is 5.14 Å². The molecule has 0 saturated carbocycles. The van der Waals surface area contributed by atoms with E-state index in [2.05, 4.69) is 0 Å². The zero-order chi connectivity index (χ0) is 13.3. The van der Waals surface area contributed by atoms with Crippen molar-refractivity contribution in [1.29, 1.82) is 0 Å². The minimum Gasteiger partial charge on any atom is -0.338 e. The Hall–Kier alpha value is -0.920. The van der Waals surface area contributed by atoms with Crippen LogP contribution in [0.25, 0.3) is 0 Å². The van der Waals surface area contributed by atoms with Crippen molar-refractivity contribution < 1.29 is 13.2 Å². The Balaban J connectivity index is 2.26. The number of thiophene rings is 1. The topological polar surface area (TPSA) is 80.5 Å². The summed E-state index contributed by atoms with van der Waals surface area (Å²) < 4.78 is 22.7. The Bertz CT molecular complexity index is 557. The Labute approximate surface area is 111 Å². The van der Waals surface area contributed by atoms with Crippen LogP contribution in [0.1, 0.15) is 33.8 Å². The summed E-state index contributed by atoms with van der Waals surface area (Å²) in [5, 5.41) is 5.10. The van der Waals surface area contributed by atoms with E-state index in [1.54, 1.807) is 11.8 Å². The van der Waals surface area contributed by atoms with Crippen molar-refractivity contribution in [2.75, 3.05) is 13.1 Å². The fourth-order valence-electron chi connectivity index (χ4n) is 2.11. The maximum Gasteiger partial charge on any atom is 0.263 e. The molecule has 1 aromatic rings. The fourth-order valence-corrected chi connectivity index (χ4v) is 4.22. The molecular weight excluding hydrogens is 272 g/mol. The third kappa shape index (κ3) is 2.73. The molecule has 0 radical (unpaired) electrons. The number of primary sulfonamides is 1. The number of nitrogens with two attached hydrogens (primary N) is 1. The number of hydrogen-bond acceptors (Lipinski definition) is 4. The maximum atomic E-state index is 12.2. The molecule has 18 heavy (non-hydrogen) atoms. The first-order chi connectivity index (χ1) is 8.39. The van der Waals surface area contributed by atoms with E-state index in [4.69, 9.17) is 5.14 Å². The van der Waals surface area contributed by atoms with E-state index in [1.807, 2.05) is 0 Å². The minimum absolute atomic E-state index is 0.0628. The lowest BCUT2D eigenvalue weighted by molar-refractivity contribution is 0.0729. The summed E-state index contributed by atoms with van der Waals surface area (Å²) in [7, 11) is -3.74. The number of piperidine rings is 1. The van der Waals surface area contributed by atoms with Gasteiger partial charge < -0.3 is 4.90 Å². The molecule has 0 spiro atoms. The standard InChI is InChI=1S/C11H16N2O3S2/c1-8-10(18(12,15)16)7-9(17-8)11(14)13-5-3-2-4-6-13/h7H,2-6H2,1H3,(H2,12,15,16). The molecule has 1 fully saturated rings. The van der Waals surface area contributed by atoms with E-state index in [1.165, 1.54) is 17.4 Å². The lowest BCUT2D eigenvalue weighted by Crippen LogP contribution is -2.35. The van der Waals surface area contributed by atoms with Gasteiger partial charge in [0.1, 0.15) is 0 Å². The van der Waals surface area contributed by atoms with Gasteiger partial charge in [0.2, 0.25) is 10.0 Å². The lowest BCUT2D eigenvalue weighted by atomic mass is 10.1. The van der Waals surface area contributed by atoms with E-state index in [0.717, 1.165) is 32.4 Å². The third-order valence-corrected chi connectivity index (χ3v) is 5.24. The van der Waals surface area contributed by atoms with Gasteiger partial charge in [-0.1, -0.05) is 0 Å². The molecule has 2 N–H and O–H groups in total. The normalized spacial score (nSPS) is 16.9. The first-order valence-corrected chi connectivity index (χ1v) is 8.18. The quantitative estimate of drug-likeness (QED) is 0.891. The number of carbonyl (C=O) groups is 1. The Morgan fingerprint density at radius 1 is 1.33 bits per heavy atom. The van der Waals surface area contributed by atoms with E-state index in [-0.39, 0.29) is 10.8 Å². The van der Waals surface area contributed by atoms with Crippen molar-refractivity contribution in [3.05, 3.63) is 15.8 Å². The zero-order valence-corrected chi connectivity index (χ0v) is 11.8. The van der Waals surface area contributed by atoms with Crippen molar-refractivity contribution in [3.63, 3.8) is 0 Å². The molecule has 1 aliphatic heterocycles. The van der Waals surface area contributed by atoms with Gasteiger partial charge in [0, 0.05) is 18.0 Å². The van der Waals surface area contributed by atoms with Crippen LogP contribution < -0.4 is 5.14 Å². The molecule has 7 heteroatoms. The number of nitrogens with zero attached hydrogens (tertiary/aromatic N) is 1. The van der Waals surface area contributed by atoms with Gasteiger partial charge in [-0.25, -0.2) is 13.6 Å². The van der Waals surface area contributed by atoms with Crippen LogP contribution in [0.2, 0.25) is 0 Å².